The zero-order valence-electron chi connectivity index (χ0n) is 17.3. The Bertz CT molecular complexity index is 1210. The molecule has 4 heterocycles. The highest BCUT2D eigenvalue weighted by molar-refractivity contribution is 6.62. The summed E-state index contributed by atoms with van der Waals surface area (Å²) in [6, 6.07) is 14.2. The smallest absolute Gasteiger partial charge is 0.437 e. The molecule has 0 amide bonds. The van der Waals surface area contributed by atoms with Gasteiger partial charge < -0.3 is 13.7 Å². The van der Waals surface area contributed by atoms with Crippen LogP contribution in [0.4, 0.5) is 0 Å². The second-order valence-electron chi connectivity index (χ2n) is 8.65. The van der Waals surface area contributed by atoms with Crippen LogP contribution in [0.2, 0.25) is 0 Å². The standard InChI is InChI=1S/C23H23BN2O3/c1-14-9-11-17-16-7-6-8-18(20(16)27-21(17)26-14)19-12-10-15(13-25-19)24-28-22(2,3)23(4,5)29-24/h6-13H,1-5H3. The fourth-order valence-electron chi connectivity index (χ4n) is 3.66. The molecule has 4 aromatic rings. The molecule has 3 aromatic heterocycles. The van der Waals surface area contributed by atoms with E-state index in [2.05, 4.69) is 22.1 Å². The van der Waals surface area contributed by atoms with Crippen LogP contribution in [-0.2, 0) is 9.31 Å². The van der Waals surface area contributed by atoms with Crippen molar-refractivity contribution in [2.24, 2.45) is 0 Å². The summed E-state index contributed by atoms with van der Waals surface area (Å²) in [5.74, 6) is 0. The Kier molecular flexibility index (Phi) is 3.89. The molecule has 29 heavy (non-hydrogen) atoms. The van der Waals surface area contributed by atoms with Crippen molar-refractivity contribution in [1.29, 1.82) is 0 Å². The van der Waals surface area contributed by atoms with Crippen LogP contribution in [0.5, 0.6) is 0 Å². The molecular weight excluding hydrogens is 363 g/mol. The van der Waals surface area contributed by atoms with Gasteiger partial charge in [-0.05, 0) is 58.9 Å². The molecule has 0 N–H and O–H groups in total. The van der Waals surface area contributed by atoms with Gasteiger partial charge in [0.2, 0.25) is 5.71 Å². The van der Waals surface area contributed by atoms with Crippen LogP contribution in [0.1, 0.15) is 33.4 Å². The lowest BCUT2D eigenvalue weighted by Crippen LogP contribution is -2.41. The third kappa shape index (κ3) is 2.86. The summed E-state index contributed by atoms with van der Waals surface area (Å²) in [5, 5.41) is 2.06. The highest BCUT2D eigenvalue weighted by Crippen LogP contribution is 2.37. The molecule has 1 aromatic carbocycles. The molecule has 0 atom stereocenters. The first-order valence-corrected chi connectivity index (χ1v) is 9.86. The molecule has 5 nitrogen and oxygen atoms in total. The summed E-state index contributed by atoms with van der Waals surface area (Å²) >= 11 is 0. The van der Waals surface area contributed by atoms with Crippen LogP contribution in [-0.4, -0.2) is 28.3 Å². The predicted octanol–water partition coefficient (Wildman–Crippen LogP) is 4.65. The van der Waals surface area contributed by atoms with Crippen molar-refractivity contribution in [1.82, 2.24) is 9.97 Å². The molecule has 0 spiro atoms. The van der Waals surface area contributed by atoms with Gasteiger partial charge in [0.25, 0.3) is 0 Å². The average molecular weight is 386 g/mol. The first kappa shape index (κ1) is 18.3. The first-order valence-electron chi connectivity index (χ1n) is 9.86. The minimum absolute atomic E-state index is 0.374. The zero-order chi connectivity index (χ0) is 20.4. The van der Waals surface area contributed by atoms with Gasteiger partial charge in [0.1, 0.15) is 5.58 Å². The van der Waals surface area contributed by atoms with Gasteiger partial charge in [0.05, 0.1) is 16.9 Å². The quantitative estimate of drug-likeness (QED) is 0.470. The van der Waals surface area contributed by atoms with Crippen LogP contribution in [0.3, 0.4) is 0 Å². The highest BCUT2D eigenvalue weighted by Gasteiger charge is 2.51. The maximum Gasteiger partial charge on any atom is 0.496 e. The summed E-state index contributed by atoms with van der Waals surface area (Å²) in [6.45, 7) is 10.2. The molecule has 0 bridgehead atoms. The molecule has 0 aliphatic carbocycles. The number of aromatic nitrogens is 2. The number of fused-ring (bicyclic) bond motifs is 3. The molecule has 1 saturated heterocycles. The predicted molar refractivity (Wildman–Crippen MR) is 115 cm³/mol. The van der Waals surface area contributed by atoms with Crippen LogP contribution < -0.4 is 5.46 Å². The van der Waals surface area contributed by atoms with Crippen LogP contribution in [0.15, 0.2) is 53.1 Å². The highest BCUT2D eigenvalue weighted by atomic mass is 16.7. The van der Waals surface area contributed by atoms with Gasteiger partial charge in [-0.1, -0.05) is 18.2 Å². The third-order valence-electron chi connectivity index (χ3n) is 6.09. The van der Waals surface area contributed by atoms with Gasteiger partial charge >= 0.3 is 7.12 Å². The summed E-state index contributed by atoms with van der Waals surface area (Å²) < 4.78 is 18.4. The maximum atomic E-state index is 6.13. The van der Waals surface area contributed by atoms with Gasteiger partial charge in [-0.25, -0.2) is 4.98 Å². The average Bonchev–Trinajstić information content (AvgIpc) is 3.14. The number of furan rings is 1. The number of hydrogen-bond acceptors (Lipinski definition) is 5. The number of pyridine rings is 2. The molecular formula is C23H23BN2O3. The van der Waals surface area contributed by atoms with E-state index in [0.29, 0.717) is 5.71 Å². The van der Waals surface area contributed by atoms with E-state index in [0.717, 1.165) is 38.8 Å². The minimum atomic E-state index is -0.421. The fraction of sp³-hybridized carbons (Fsp3) is 0.304. The van der Waals surface area contributed by atoms with E-state index in [9.17, 15) is 0 Å². The van der Waals surface area contributed by atoms with E-state index in [1.165, 1.54) is 0 Å². The Balaban J connectivity index is 1.54. The van der Waals surface area contributed by atoms with Crippen molar-refractivity contribution in [3.8, 4) is 11.3 Å². The van der Waals surface area contributed by atoms with Gasteiger partial charge in [-0.2, -0.15) is 0 Å². The van der Waals surface area contributed by atoms with Crippen molar-refractivity contribution in [3.05, 3.63) is 54.4 Å². The van der Waals surface area contributed by atoms with Crippen LogP contribution in [0.25, 0.3) is 33.3 Å². The fourth-order valence-corrected chi connectivity index (χ4v) is 3.66. The summed E-state index contributed by atoms with van der Waals surface area (Å²) in [7, 11) is -0.421. The number of rotatable bonds is 2. The molecule has 1 aliphatic rings. The van der Waals surface area contributed by atoms with Gasteiger partial charge in [0.15, 0.2) is 0 Å². The Labute approximate surface area is 170 Å². The molecule has 0 unspecified atom stereocenters. The summed E-state index contributed by atoms with van der Waals surface area (Å²) in [5.41, 5.74) is 4.33. The number of nitrogens with zero attached hydrogens (tertiary/aromatic N) is 2. The third-order valence-corrected chi connectivity index (χ3v) is 6.09. The van der Waals surface area contributed by atoms with E-state index in [4.69, 9.17) is 13.7 Å². The molecule has 146 valence electrons. The minimum Gasteiger partial charge on any atom is -0.437 e. The van der Waals surface area contributed by atoms with Crippen LogP contribution in [0, 0.1) is 6.92 Å². The molecule has 5 rings (SSSR count). The Morgan fingerprint density at radius 2 is 1.62 bits per heavy atom. The van der Waals surface area contributed by atoms with Gasteiger partial charge in [0, 0.05) is 33.7 Å². The number of benzene rings is 1. The van der Waals surface area contributed by atoms with Gasteiger partial charge in [-0.15, -0.1) is 0 Å². The van der Waals surface area contributed by atoms with Crippen molar-refractivity contribution in [2.75, 3.05) is 0 Å². The Morgan fingerprint density at radius 3 is 2.31 bits per heavy atom. The van der Waals surface area contributed by atoms with Crippen molar-refractivity contribution < 1.29 is 13.7 Å². The largest absolute Gasteiger partial charge is 0.496 e. The van der Waals surface area contributed by atoms with Gasteiger partial charge in [-0.3, -0.25) is 4.98 Å². The molecule has 6 heteroatoms. The van der Waals surface area contributed by atoms with E-state index in [1.54, 1.807) is 0 Å². The van der Waals surface area contributed by atoms with E-state index < -0.39 is 7.12 Å². The topological polar surface area (TPSA) is 57.4 Å². The lowest BCUT2D eigenvalue weighted by atomic mass is 9.80. The van der Waals surface area contributed by atoms with Crippen molar-refractivity contribution in [3.63, 3.8) is 0 Å². The monoisotopic (exact) mass is 386 g/mol. The SMILES string of the molecule is Cc1ccc2c(n1)oc1c(-c3ccc(B4OC(C)(C)C(C)(C)O4)cn3)cccc12. The molecule has 1 fully saturated rings. The maximum absolute atomic E-state index is 6.13. The molecule has 1 aliphatic heterocycles. The summed E-state index contributed by atoms with van der Waals surface area (Å²) in [6.07, 6.45) is 1.82. The van der Waals surface area contributed by atoms with Crippen LogP contribution >= 0.6 is 0 Å². The Morgan fingerprint density at radius 1 is 0.862 bits per heavy atom. The van der Waals surface area contributed by atoms with E-state index in [1.807, 2.05) is 71.1 Å². The van der Waals surface area contributed by atoms with E-state index >= 15 is 0 Å². The summed E-state index contributed by atoms with van der Waals surface area (Å²) in [4.78, 5) is 9.21. The first-order chi connectivity index (χ1) is 13.7. The number of aryl methyl sites for hydroxylation is 1. The second-order valence-corrected chi connectivity index (χ2v) is 8.65. The van der Waals surface area contributed by atoms with E-state index in [-0.39, 0.29) is 11.2 Å². The zero-order valence-corrected chi connectivity index (χ0v) is 17.3. The lowest BCUT2D eigenvalue weighted by molar-refractivity contribution is 0.00578. The lowest BCUT2D eigenvalue weighted by Gasteiger charge is -2.32. The normalized spacial score (nSPS) is 18.0. The number of para-hydroxylation sites is 1. The molecule has 0 saturated carbocycles. The Hall–Kier alpha value is -2.70. The van der Waals surface area contributed by atoms with Crippen molar-refractivity contribution in [2.45, 2.75) is 45.8 Å². The van der Waals surface area contributed by atoms with Crippen molar-refractivity contribution >= 4 is 34.7 Å². The molecule has 0 radical (unpaired) electrons. The second kappa shape index (κ2) is 6.15. The number of hydrogen-bond donors (Lipinski definition) is 0.